The number of ether oxygens (including phenoxy) is 1. The molecule has 1 aliphatic heterocycles. The molecule has 5 aromatic rings. The second kappa shape index (κ2) is 13.6. The number of nitrogens with one attached hydrogen (secondary N) is 1. The Morgan fingerprint density at radius 2 is 1.86 bits per heavy atom. The Morgan fingerprint density at radius 3 is 2.59 bits per heavy atom. The molecule has 1 atom stereocenters. The molecule has 49 heavy (non-hydrogen) atoms. The Kier molecular flexibility index (Phi) is 9.10. The lowest BCUT2D eigenvalue weighted by Crippen LogP contribution is -2.47. The Balaban J connectivity index is 1.25. The molecule has 0 unspecified atom stereocenters. The van der Waals surface area contributed by atoms with Gasteiger partial charge in [0.25, 0.3) is 11.8 Å². The summed E-state index contributed by atoms with van der Waals surface area (Å²) in [4.78, 5) is 52.4. The van der Waals surface area contributed by atoms with Gasteiger partial charge in [0.15, 0.2) is 5.82 Å². The quantitative estimate of drug-likeness (QED) is 0.203. The molecule has 1 saturated carbocycles. The minimum Gasteiger partial charge on any atom is -0.490 e. The number of aromatic nitrogens is 4. The number of aliphatic hydroxyl groups excluding tert-OH is 1. The van der Waals surface area contributed by atoms with Gasteiger partial charge in [0.05, 0.1) is 34.7 Å². The average molecular weight is 744 g/mol. The molecular weight excluding hydrogens is 712 g/mol. The summed E-state index contributed by atoms with van der Waals surface area (Å²) in [7, 11) is 0. The van der Waals surface area contributed by atoms with Gasteiger partial charge in [-0.25, -0.2) is 14.8 Å². The van der Waals surface area contributed by atoms with Crippen molar-refractivity contribution in [1.29, 1.82) is 0 Å². The summed E-state index contributed by atoms with van der Waals surface area (Å²) >= 11 is 9.69. The zero-order valence-electron chi connectivity index (χ0n) is 26.5. The fourth-order valence-electron chi connectivity index (χ4n) is 6.02. The fraction of sp³-hybridized carbons (Fsp3) is 0.250. The molecule has 3 heterocycles. The van der Waals surface area contributed by atoms with E-state index in [1.807, 2.05) is 31.2 Å². The van der Waals surface area contributed by atoms with Crippen molar-refractivity contribution in [2.45, 2.75) is 58.2 Å². The number of carbonyl (C=O) groups is 2. The molecule has 7 rings (SSSR count). The van der Waals surface area contributed by atoms with Gasteiger partial charge in [-0.05, 0) is 89.8 Å². The van der Waals surface area contributed by atoms with Crippen LogP contribution in [0.4, 0.5) is 0 Å². The normalized spacial score (nSPS) is 15.5. The van der Waals surface area contributed by atoms with Crippen LogP contribution in [-0.4, -0.2) is 53.1 Å². The van der Waals surface area contributed by atoms with Crippen LogP contribution >= 0.6 is 27.5 Å². The number of halogens is 2. The summed E-state index contributed by atoms with van der Waals surface area (Å²) in [5.74, 6) is 0.236. The van der Waals surface area contributed by atoms with Gasteiger partial charge in [0.1, 0.15) is 18.1 Å². The van der Waals surface area contributed by atoms with Gasteiger partial charge < -0.3 is 20.1 Å². The molecule has 2 amide bonds. The van der Waals surface area contributed by atoms with Crippen molar-refractivity contribution in [3.05, 3.63) is 127 Å². The number of carbonyl (C=O) groups excluding carboxylic acids is 2. The number of nitrogens with zero attached hydrogens (tertiary/aromatic N) is 5. The highest BCUT2D eigenvalue weighted by atomic mass is 79.9. The smallest absolute Gasteiger partial charge is 0.333 e. The van der Waals surface area contributed by atoms with Crippen LogP contribution in [0.25, 0.3) is 16.9 Å². The van der Waals surface area contributed by atoms with Gasteiger partial charge in [-0.15, -0.1) is 0 Å². The average Bonchev–Trinajstić information content (AvgIpc) is 3.90. The highest BCUT2D eigenvalue weighted by molar-refractivity contribution is 9.10. The van der Waals surface area contributed by atoms with E-state index in [4.69, 9.17) is 16.3 Å². The summed E-state index contributed by atoms with van der Waals surface area (Å²) in [6.07, 6.45) is 3.82. The Morgan fingerprint density at radius 1 is 1.08 bits per heavy atom. The van der Waals surface area contributed by atoms with Crippen LogP contribution in [-0.2, 0) is 26.2 Å². The van der Waals surface area contributed by atoms with E-state index < -0.39 is 5.91 Å². The van der Waals surface area contributed by atoms with Crippen LogP contribution in [0, 0.1) is 0 Å². The van der Waals surface area contributed by atoms with Gasteiger partial charge in [0, 0.05) is 40.9 Å². The molecule has 2 N–H and O–H groups in total. The van der Waals surface area contributed by atoms with E-state index in [9.17, 15) is 19.5 Å². The maximum atomic E-state index is 14.3. The number of fused-ring (bicyclic) bond motifs is 1. The van der Waals surface area contributed by atoms with Crippen molar-refractivity contribution in [3.63, 3.8) is 0 Å². The maximum Gasteiger partial charge on any atom is 0.333 e. The van der Waals surface area contributed by atoms with E-state index in [1.54, 1.807) is 64.2 Å². The van der Waals surface area contributed by atoms with Gasteiger partial charge >= 0.3 is 5.69 Å². The molecule has 3 aromatic carbocycles. The first kappa shape index (κ1) is 32.8. The number of hydrogen-bond acceptors (Lipinski definition) is 7. The second-order valence-electron chi connectivity index (χ2n) is 12.1. The maximum absolute atomic E-state index is 14.3. The van der Waals surface area contributed by atoms with Crippen LogP contribution in [0.3, 0.4) is 0 Å². The van der Waals surface area contributed by atoms with Crippen LogP contribution in [0.5, 0.6) is 5.75 Å². The third-order valence-electron chi connectivity index (χ3n) is 8.69. The second-order valence-corrected chi connectivity index (χ2v) is 13.4. The largest absolute Gasteiger partial charge is 0.490 e. The lowest BCUT2D eigenvalue weighted by molar-refractivity contribution is 0.0610. The number of aliphatic hydroxyl groups is 1. The number of rotatable bonds is 9. The predicted molar refractivity (Wildman–Crippen MR) is 187 cm³/mol. The standard InChI is InChI=1S/C36H32BrClN6O5/c1-21-18-43-31(19-42(21)35(47)22-6-13-28(37)29(38)16-22)33(44(36(43)48)24-7-9-25(10-8-24)49-26-11-12-26)34(46)40-17-23-4-2-3-5-27(23)30-14-15-39-32(20-45)41-30/h2-10,13-16,21,26,45H,11-12,17-20H2,1H3,(H,40,46)/t21-/m1/s1. The molecule has 1 fully saturated rings. The summed E-state index contributed by atoms with van der Waals surface area (Å²) in [5, 5.41) is 13.0. The molecule has 1 aliphatic carbocycles. The van der Waals surface area contributed by atoms with Gasteiger partial charge in [0.2, 0.25) is 0 Å². The minimum absolute atomic E-state index is 0.0308. The minimum atomic E-state index is -0.480. The fourth-order valence-corrected chi connectivity index (χ4v) is 6.44. The zero-order valence-corrected chi connectivity index (χ0v) is 28.8. The van der Waals surface area contributed by atoms with Crippen molar-refractivity contribution < 1.29 is 19.4 Å². The summed E-state index contributed by atoms with van der Waals surface area (Å²) < 4.78 is 9.58. The molecule has 2 aliphatic rings. The first-order chi connectivity index (χ1) is 23.7. The Labute approximate surface area is 295 Å². The van der Waals surface area contributed by atoms with Crippen LogP contribution in [0.2, 0.25) is 5.02 Å². The number of imidazole rings is 1. The molecule has 11 nitrogen and oxygen atoms in total. The summed E-state index contributed by atoms with van der Waals surface area (Å²) in [6, 6.07) is 21.0. The molecule has 0 bridgehead atoms. The molecule has 250 valence electrons. The molecule has 2 aromatic heterocycles. The SMILES string of the molecule is C[C@@H]1Cn2c(c(C(=O)NCc3ccccc3-c3ccnc(CO)n3)n(-c3ccc(OC4CC4)cc3)c2=O)CN1C(=O)c1ccc(Br)c(Cl)c1. The number of hydrogen-bond donors (Lipinski definition) is 2. The molecule has 13 heteroatoms. The Bertz CT molecular complexity index is 2130. The molecular formula is C36H32BrClN6O5. The van der Waals surface area contributed by atoms with Crippen LogP contribution in [0.15, 0.2) is 88.3 Å². The Hall–Kier alpha value is -4.78. The topological polar surface area (TPSA) is 132 Å². The van der Waals surface area contributed by atoms with Gasteiger partial charge in [-0.1, -0.05) is 35.9 Å². The van der Waals surface area contributed by atoms with Crippen molar-refractivity contribution in [2.75, 3.05) is 0 Å². The predicted octanol–water partition coefficient (Wildman–Crippen LogP) is 5.52. The van der Waals surface area contributed by atoms with Crippen molar-refractivity contribution >= 4 is 39.3 Å². The lowest BCUT2D eigenvalue weighted by Gasteiger charge is -2.34. The van der Waals surface area contributed by atoms with E-state index >= 15 is 0 Å². The van der Waals surface area contributed by atoms with Crippen LogP contribution < -0.4 is 15.7 Å². The van der Waals surface area contributed by atoms with Gasteiger partial charge in [-0.3, -0.25) is 18.7 Å². The van der Waals surface area contributed by atoms with E-state index in [0.717, 1.165) is 24.0 Å². The van der Waals surface area contributed by atoms with E-state index in [2.05, 4.69) is 31.2 Å². The number of amides is 2. The number of benzene rings is 3. The monoisotopic (exact) mass is 742 g/mol. The summed E-state index contributed by atoms with van der Waals surface area (Å²) in [6.45, 7) is 1.93. The van der Waals surface area contributed by atoms with E-state index in [-0.39, 0.29) is 61.5 Å². The first-order valence-electron chi connectivity index (χ1n) is 15.9. The van der Waals surface area contributed by atoms with Crippen molar-refractivity contribution in [3.8, 4) is 22.7 Å². The van der Waals surface area contributed by atoms with E-state index in [0.29, 0.717) is 37.9 Å². The van der Waals surface area contributed by atoms with E-state index in [1.165, 1.54) is 4.57 Å². The third kappa shape index (κ3) is 6.63. The first-order valence-corrected chi connectivity index (χ1v) is 17.1. The van der Waals surface area contributed by atoms with Crippen LogP contribution in [0.1, 0.15) is 57.7 Å². The van der Waals surface area contributed by atoms with Crippen molar-refractivity contribution in [2.24, 2.45) is 0 Å². The van der Waals surface area contributed by atoms with Crippen molar-refractivity contribution in [1.82, 2.24) is 29.3 Å². The third-order valence-corrected chi connectivity index (χ3v) is 9.92. The molecule has 0 saturated heterocycles. The highest BCUT2D eigenvalue weighted by Crippen LogP contribution is 2.30. The zero-order chi connectivity index (χ0) is 34.2. The highest BCUT2D eigenvalue weighted by Gasteiger charge is 2.35. The molecule has 0 radical (unpaired) electrons. The molecule has 0 spiro atoms. The summed E-state index contributed by atoms with van der Waals surface area (Å²) in [5.41, 5.74) is 3.24. The van der Waals surface area contributed by atoms with Gasteiger partial charge in [-0.2, -0.15) is 0 Å². The lowest BCUT2D eigenvalue weighted by atomic mass is 10.0.